The quantitative estimate of drug-likeness (QED) is 0.723. The summed E-state index contributed by atoms with van der Waals surface area (Å²) >= 11 is -2.03. The van der Waals surface area contributed by atoms with Crippen molar-refractivity contribution in [3.8, 4) is 0 Å². The lowest BCUT2D eigenvalue weighted by Gasteiger charge is -2.07. The standard InChI is InChI=1S/C11H12FN5O2S/c1-2-13-10-15-9(12)16-11(17-10)14-7-3-5-8(6-4-7)20(18)19/h3-6H,2H2,1H3,(H,18,19)(H2,13,14,15,16,17). The first-order valence-corrected chi connectivity index (χ1v) is 6.82. The Kier molecular flexibility index (Phi) is 4.53. The van der Waals surface area contributed by atoms with E-state index in [2.05, 4.69) is 25.6 Å². The van der Waals surface area contributed by atoms with Crippen LogP contribution in [0.5, 0.6) is 0 Å². The molecule has 0 saturated heterocycles. The van der Waals surface area contributed by atoms with Gasteiger partial charge in [0.25, 0.3) is 0 Å². The summed E-state index contributed by atoms with van der Waals surface area (Å²) in [5.41, 5.74) is 0.562. The minimum absolute atomic E-state index is 0.0475. The monoisotopic (exact) mass is 297 g/mol. The molecule has 0 aliphatic carbocycles. The lowest BCUT2D eigenvalue weighted by Crippen LogP contribution is -2.08. The average Bonchev–Trinajstić information content (AvgIpc) is 2.39. The number of anilines is 3. The van der Waals surface area contributed by atoms with Crippen LogP contribution >= 0.6 is 0 Å². The topological polar surface area (TPSA) is 100 Å². The van der Waals surface area contributed by atoms with Gasteiger partial charge in [0.15, 0.2) is 11.1 Å². The maximum atomic E-state index is 13.2. The van der Waals surface area contributed by atoms with E-state index in [-0.39, 0.29) is 16.8 Å². The Balaban J connectivity index is 2.18. The molecule has 1 aromatic carbocycles. The third-order valence-corrected chi connectivity index (χ3v) is 2.93. The molecule has 9 heteroatoms. The second-order valence-electron chi connectivity index (χ2n) is 3.68. The highest BCUT2D eigenvalue weighted by Gasteiger charge is 2.06. The fraction of sp³-hybridized carbons (Fsp3) is 0.182. The molecule has 106 valence electrons. The number of rotatable bonds is 5. The number of benzene rings is 1. The summed E-state index contributed by atoms with van der Waals surface area (Å²) in [6.45, 7) is 2.39. The van der Waals surface area contributed by atoms with Crippen LogP contribution in [-0.4, -0.2) is 30.3 Å². The molecule has 0 spiro atoms. The maximum absolute atomic E-state index is 13.2. The molecule has 0 radical (unpaired) electrons. The second-order valence-corrected chi connectivity index (χ2v) is 4.65. The predicted molar refractivity (Wildman–Crippen MR) is 72.7 cm³/mol. The lowest BCUT2D eigenvalue weighted by molar-refractivity contribution is 0.537. The number of nitrogens with zero attached hydrogens (tertiary/aromatic N) is 3. The molecular weight excluding hydrogens is 285 g/mol. The van der Waals surface area contributed by atoms with Crippen molar-refractivity contribution < 1.29 is 13.2 Å². The molecule has 0 aliphatic heterocycles. The SMILES string of the molecule is CCNc1nc(F)nc(Nc2ccc(S(=O)O)cc2)n1. The van der Waals surface area contributed by atoms with Crippen LogP contribution in [0.15, 0.2) is 29.2 Å². The van der Waals surface area contributed by atoms with Crippen molar-refractivity contribution in [3.63, 3.8) is 0 Å². The van der Waals surface area contributed by atoms with E-state index in [0.29, 0.717) is 12.2 Å². The number of halogens is 1. The van der Waals surface area contributed by atoms with E-state index in [1.165, 1.54) is 12.1 Å². The maximum Gasteiger partial charge on any atom is 0.315 e. The van der Waals surface area contributed by atoms with E-state index in [9.17, 15) is 8.60 Å². The molecule has 2 rings (SSSR count). The summed E-state index contributed by atoms with van der Waals surface area (Å²) in [5, 5.41) is 5.57. The average molecular weight is 297 g/mol. The molecule has 2 aromatic rings. The lowest BCUT2D eigenvalue weighted by atomic mass is 10.3. The molecule has 0 fully saturated rings. The summed E-state index contributed by atoms with van der Waals surface area (Å²) < 4.78 is 32.9. The Morgan fingerprint density at radius 1 is 1.20 bits per heavy atom. The van der Waals surface area contributed by atoms with E-state index in [4.69, 9.17) is 4.55 Å². The van der Waals surface area contributed by atoms with E-state index >= 15 is 0 Å². The molecule has 20 heavy (non-hydrogen) atoms. The Labute approximate surface area is 117 Å². The van der Waals surface area contributed by atoms with Gasteiger partial charge in [0, 0.05) is 12.2 Å². The first kappa shape index (κ1) is 14.3. The summed E-state index contributed by atoms with van der Waals surface area (Å²) in [4.78, 5) is 11.3. The van der Waals surface area contributed by atoms with Crippen LogP contribution in [0.3, 0.4) is 0 Å². The minimum Gasteiger partial charge on any atom is -0.354 e. The van der Waals surface area contributed by atoms with Crippen molar-refractivity contribution in [3.05, 3.63) is 30.3 Å². The molecule has 0 saturated carbocycles. The van der Waals surface area contributed by atoms with Gasteiger partial charge in [-0.05, 0) is 31.2 Å². The molecule has 1 aromatic heterocycles. The zero-order valence-corrected chi connectivity index (χ0v) is 11.3. The molecule has 0 amide bonds. The smallest absolute Gasteiger partial charge is 0.315 e. The third-order valence-electron chi connectivity index (χ3n) is 2.26. The Morgan fingerprint density at radius 3 is 2.45 bits per heavy atom. The number of hydrogen-bond donors (Lipinski definition) is 3. The number of nitrogens with one attached hydrogen (secondary N) is 2. The number of aromatic nitrogens is 3. The van der Waals surface area contributed by atoms with Crippen LogP contribution in [0.4, 0.5) is 22.0 Å². The van der Waals surface area contributed by atoms with Gasteiger partial charge >= 0.3 is 6.08 Å². The highest BCUT2D eigenvalue weighted by Crippen LogP contribution is 2.16. The van der Waals surface area contributed by atoms with Crippen molar-refractivity contribution in [2.24, 2.45) is 0 Å². The zero-order chi connectivity index (χ0) is 14.5. The summed E-state index contributed by atoms with van der Waals surface area (Å²) in [6, 6.07) is 6.08. The Hall–Kier alpha value is -2.13. The summed E-state index contributed by atoms with van der Waals surface area (Å²) in [6.07, 6.45) is -0.897. The van der Waals surface area contributed by atoms with Crippen molar-refractivity contribution in [2.75, 3.05) is 17.2 Å². The second kappa shape index (κ2) is 6.35. The van der Waals surface area contributed by atoms with Crippen molar-refractivity contribution in [1.29, 1.82) is 0 Å². The Morgan fingerprint density at radius 2 is 1.85 bits per heavy atom. The molecule has 7 nitrogen and oxygen atoms in total. The van der Waals surface area contributed by atoms with E-state index < -0.39 is 17.2 Å². The van der Waals surface area contributed by atoms with Gasteiger partial charge < -0.3 is 15.2 Å². The molecular formula is C11H12FN5O2S. The van der Waals surface area contributed by atoms with Gasteiger partial charge in [-0.15, -0.1) is 0 Å². The predicted octanol–water partition coefficient (Wildman–Crippen LogP) is 1.77. The van der Waals surface area contributed by atoms with Gasteiger partial charge in [-0.2, -0.15) is 19.3 Å². The van der Waals surface area contributed by atoms with Crippen LogP contribution in [-0.2, 0) is 11.1 Å². The normalized spacial score (nSPS) is 11.9. The molecule has 0 bridgehead atoms. The van der Waals surface area contributed by atoms with E-state index in [1.807, 2.05) is 6.92 Å². The first-order chi connectivity index (χ1) is 9.58. The van der Waals surface area contributed by atoms with Crippen molar-refractivity contribution in [1.82, 2.24) is 15.0 Å². The van der Waals surface area contributed by atoms with Gasteiger partial charge in [0.2, 0.25) is 11.9 Å². The molecule has 1 atom stereocenters. The van der Waals surface area contributed by atoms with Gasteiger partial charge in [0.05, 0.1) is 4.90 Å². The van der Waals surface area contributed by atoms with Gasteiger partial charge in [-0.25, -0.2) is 4.21 Å². The highest BCUT2D eigenvalue weighted by molar-refractivity contribution is 7.79. The van der Waals surface area contributed by atoms with Crippen LogP contribution < -0.4 is 10.6 Å². The fourth-order valence-corrected chi connectivity index (χ4v) is 1.80. The van der Waals surface area contributed by atoms with Crippen molar-refractivity contribution in [2.45, 2.75) is 11.8 Å². The van der Waals surface area contributed by atoms with Crippen LogP contribution in [0.25, 0.3) is 0 Å². The van der Waals surface area contributed by atoms with Crippen molar-refractivity contribution >= 4 is 28.7 Å². The van der Waals surface area contributed by atoms with E-state index in [0.717, 1.165) is 0 Å². The van der Waals surface area contributed by atoms with Gasteiger partial charge in [0.1, 0.15) is 0 Å². The summed E-state index contributed by atoms with van der Waals surface area (Å²) in [5.74, 6) is 0.182. The summed E-state index contributed by atoms with van der Waals surface area (Å²) in [7, 11) is 0. The fourth-order valence-electron chi connectivity index (χ4n) is 1.43. The zero-order valence-electron chi connectivity index (χ0n) is 10.5. The third kappa shape index (κ3) is 3.68. The van der Waals surface area contributed by atoms with E-state index in [1.54, 1.807) is 12.1 Å². The highest BCUT2D eigenvalue weighted by atomic mass is 32.2. The Bertz CT molecular complexity index is 623. The molecule has 0 aliphatic rings. The molecule has 1 heterocycles. The first-order valence-electron chi connectivity index (χ1n) is 5.72. The van der Waals surface area contributed by atoms with Crippen LogP contribution in [0.1, 0.15) is 6.92 Å². The van der Waals surface area contributed by atoms with Crippen LogP contribution in [0, 0.1) is 6.08 Å². The van der Waals surface area contributed by atoms with Gasteiger partial charge in [-0.3, -0.25) is 0 Å². The largest absolute Gasteiger partial charge is 0.354 e. The minimum atomic E-state index is -2.03. The molecule has 3 N–H and O–H groups in total. The molecule has 1 unspecified atom stereocenters. The van der Waals surface area contributed by atoms with Crippen LogP contribution in [0.2, 0.25) is 0 Å². The van der Waals surface area contributed by atoms with Gasteiger partial charge in [-0.1, -0.05) is 0 Å². The number of hydrogen-bond acceptors (Lipinski definition) is 6.